The highest BCUT2D eigenvalue weighted by Gasteiger charge is 2.17. The summed E-state index contributed by atoms with van der Waals surface area (Å²) in [6.07, 6.45) is 8.80. The van der Waals surface area contributed by atoms with Crippen molar-refractivity contribution in [1.82, 2.24) is 20.4 Å². The predicted octanol–water partition coefficient (Wildman–Crippen LogP) is 2.69. The number of para-hydroxylation sites is 1. The van der Waals surface area contributed by atoms with Crippen molar-refractivity contribution >= 4 is 17.5 Å². The monoisotopic (exact) mass is 383 g/mol. The van der Waals surface area contributed by atoms with Gasteiger partial charge in [0.15, 0.2) is 0 Å². The fourth-order valence-electron chi connectivity index (χ4n) is 3.49. The maximum Gasteiger partial charge on any atom is 0.258 e. The van der Waals surface area contributed by atoms with E-state index < -0.39 is 0 Å². The van der Waals surface area contributed by atoms with E-state index in [0.717, 1.165) is 30.6 Å². The number of rotatable bonds is 8. The molecule has 0 spiro atoms. The number of nitrogens with one attached hydrogen (secondary N) is 3. The van der Waals surface area contributed by atoms with Crippen molar-refractivity contribution in [3.05, 3.63) is 47.8 Å². The van der Waals surface area contributed by atoms with Gasteiger partial charge in [-0.1, -0.05) is 44.4 Å². The number of aromatic nitrogens is 2. The number of hydrogen-bond donors (Lipinski definition) is 3. The zero-order valence-corrected chi connectivity index (χ0v) is 16.4. The largest absolute Gasteiger partial charge is 0.352 e. The van der Waals surface area contributed by atoms with Gasteiger partial charge in [-0.15, -0.1) is 0 Å². The third-order valence-corrected chi connectivity index (χ3v) is 5.00. The smallest absolute Gasteiger partial charge is 0.258 e. The van der Waals surface area contributed by atoms with E-state index in [4.69, 9.17) is 0 Å². The number of nitrogens with zero attached hydrogens (tertiary/aromatic N) is 2. The molecule has 2 amide bonds. The minimum atomic E-state index is -0.233. The Labute approximate surface area is 165 Å². The van der Waals surface area contributed by atoms with Crippen LogP contribution >= 0.6 is 0 Å². The van der Waals surface area contributed by atoms with Gasteiger partial charge in [-0.25, -0.2) is 0 Å². The normalized spacial score (nSPS) is 14.6. The molecule has 3 N–H and O–H groups in total. The van der Waals surface area contributed by atoms with Crippen molar-refractivity contribution in [2.75, 3.05) is 11.9 Å². The lowest BCUT2D eigenvalue weighted by Gasteiger charge is -2.22. The van der Waals surface area contributed by atoms with Crippen LogP contribution in [-0.4, -0.2) is 34.2 Å². The molecular weight excluding hydrogens is 354 g/mol. The highest BCUT2D eigenvalue weighted by molar-refractivity contribution is 6.04. The Morgan fingerprint density at radius 2 is 1.96 bits per heavy atom. The summed E-state index contributed by atoms with van der Waals surface area (Å²) in [5.74, 6) is -0.291. The zero-order valence-electron chi connectivity index (χ0n) is 16.4. The molecule has 0 saturated heterocycles. The molecule has 0 aliphatic heterocycles. The molecule has 1 saturated carbocycles. The van der Waals surface area contributed by atoms with E-state index in [2.05, 4.69) is 21.0 Å². The molecule has 7 heteroatoms. The molecule has 0 bridgehead atoms. The second-order valence-corrected chi connectivity index (χ2v) is 7.22. The Kier molecular flexibility index (Phi) is 7.19. The van der Waals surface area contributed by atoms with E-state index in [0.29, 0.717) is 12.1 Å². The third-order valence-electron chi connectivity index (χ3n) is 5.00. The van der Waals surface area contributed by atoms with Gasteiger partial charge < -0.3 is 16.0 Å². The number of carbonyl (C=O) groups excluding carboxylic acids is 2. The molecule has 0 unspecified atom stereocenters. The number of amides is 2. The first-order chi connectivity index (χ1) is 13.7. The number of benzene rings is 1. The summed E-state index contributed by atoms with van der Waals surface area (Å²) in [6.45, 7) is 3.71. The van der Waals surface area contributed by atoms with Crippen molar-refractivity contribution in [2.24, 2.45) is 0 Å². The number of hydrogen-bond acceptors (Lipinski definition) is 4. The fraction of sp³-hybridized carbons (Fsp3) is 0.476. The molecule has 1 heterocycles. The van der Waals surface area contributed by atoms with Crippen LogP contribution in [0.4, 0.5) is 5.69 Å². The van der Waals surface area contributed by atoms with Gasteiger partial charge in [0.1, 0.15) is 6.54 Å². The summed E-state index contributed by atoms with van der Waals surface area (Å²) >= 11 is 0. The Balaban J connectivity index is 1.56. The van der Waals surface area contributed by atoms with Crippen molar-refractivity contribution in [2.45, 2.75) is 58.2 Å². The molecule has 1 aliphatic rings. The maximum absolute atomic E-state index is 12.6. The molecule has 1 fully saturated rings. The van der Waals surface area contributed by atoms with Crippen LogP contribution in [0.1, 0.15) is 54.9 Å². The van der Waals surface area contributed by atoms with Gasteiger partial charge in [-0.2, -0.15) is 5.10 Å². The second-order valence-electron chi connectivity index (χ2n) is 7.22. The minimum Gasteiger partial charge on any atom is -0.352 e. The number of anilines is 1. The average molecular weight is 383 g/mol. The van der Waals surface area contributed by atoms with E-state index in [1.165, 1.54) is 30.1 Å². The van der Waals surface area contributed by atoms with Gasteiger partial charge in [-0.05, 0) is 31.0 Å². The molecule has 150 valence electrons. The first-order valence-electron chi connectivity index (χ1n) is 10.1. The van der Waals surface area contributed by atoms with Crippen molar-refractivity contribution in [3.8, 4) is 0 Å². The van der Waals surface area contributed by atoms with Gasteiger partial charge in [0.2, 0.25) is 5.91 Å². The van der Waals surface area contributed by atoms with Gasteiger partial charge in [-0.3, -0.25) is 14.3 Å². The average Bonchev–Trinajstić information content (AvgIpc) is 3.16. The Bertz CT molecular complexity index is 796. The zero-order chi connectivity index (χ0) is 19.8. The Hall–Kier alpha value is -2.67. The lowest BCUT2D eigenvalue weighted by atomic mass is 9.95. The van der Waals surface area contributed by atoms with Crippen LogP contribution in [0.5, 0.6) is 0 Å². The summed E-state index contributed by atoms with van der Waals surface area (Å²) in [5.41, 5.74) is 2.23. The summed E-state index contributed by atoms with van der Waals surface area (Å²) in [7, 11) is 0. The highest BCUT2D eigenvalue weighted by atomic mass is 16.2. The molecule has 1 aromatic heterocycles. The molecule has 2 aromatic rings. The second kappa shape index (κ2) is 10.0. The SMILES string of the molecule is CCNCc1ccccc1NC(=O)c1cnn(CC(=O)NC2CCCCC2)c1. The maximum atomic E-state index is 12.6. The molecule has 0 atom stereocenters. The van der Waals surface area contributed by atoms with Crippen LogP contribution in [0.15, 0.2) is 36.7 Å². The Morgan fingerprint density at radius 1 is 1.18 bits per heavy atom. The minimum absolute atomic E-state index is 0.0575. The molecule has 28 heavy (non-hydrogen) atoms. The van der Waals surface area contributed by atoms with Gasteiger partial charge in [0.05, 0.1) is 11.8 Å². The quantitative estimate of drug-likeness (QED) is 0.654. The third kappa shape index (κ3) is 5.66. The van der Waals surface area contributed by atoms with Crippen molar-refractivity contribution < 1.29 is 9.59 Å². The van der Waals surface area contributed by atoms with Crippen LogP contribution in [0.3, 0.4) is 0 Å². The van der Waals surface area contributed by atoms with E-state index in [9.17, 15) is 9.59 Å². The molecular formula is C21H29N5O2. The summed E-state index contributed by atoms with van der Waals surface area (Å²) in [4.78, 5) is 24.8. The first kappa shape index (κ1) is 20.1. The fourth-order valence-corrected chi connectivity index (χ4v) is 3.49. The first-order valence-corrected chi connectivity index (χ1v) is 10.1. The Morgan fingerprint density at radius 3 is 2.75 bits per heavy atom. The van der Waals surface area contributed by atoms with Crippen LogP contribution in [0.25, 0.3) is 0 Å². The molecule has 0 radical (unpaired) electrons. The summed E-state index contributed by atoms with van der Waals surface area (Å²) in [6, 6.07) is 7.98. The van der Waals surface area contributed by atoms with Crippen molar-refractivity contribution in [1.29, 1.82) is 0 Å². The standard InChI is InChI=1S/C21H29N5O2/c1-2-22-12-16-8-6-7-11-19(16)25-21(28)17-13-23-26(14-17)15-20(27)24-18-9-4-3-5-10-18/h6-8,11,13-14,18,22H,2-5,9-10,12,15H2,1H3,(H,24,27)(H,25,28). The topological polar surface area (TPSA) is 88.0 Å². The lowest BCUT2D eigenvalue weighted by molar-refractivity contribution is -0.122. The summed E-state index contributed by atoms with van der Waals surface area (Å²) < 4.78 is 1.51. The van der Waals surface area contributed by atoms with E-state index in [1.54, 1.807) is 6.20 Å². The highest BCUT2D eigenvalue weighted by Crippen LogP contribution is 2.18. The number of carbonyl (C=O) groups is 2. The van der Waals surface area contributed by atoms with Gasteiger partial charge in [0.25, 0.3) is 5.91 Å². The van der Waals surface area contributed by atoms with E-state index >= 15 is 0 Å². The lowest BCUT2D eigenvalue weighted by Crippen LogP contribution is -2.38. The van der Waals surface area contributed by atoms with E-state index in [-0.39, 0.29) is 24.4 Å². The summed E-state index contributed by atoms with van der Waals surface area (Å²) in [5, 5.41) is 13.4. The molecule has 1 aliphatic carbocycles. The predicted molar refractivity (Wildman–Crippen MR) is 109 cm³/mol. The van der Waals surface area contributed by atoms with Crippen LogP contribution < -0.4 is 16.0 Å². The molecule has 3 rings (SSSR count). The van der Waals surface area contributed by atoms with E-state index in [1.807, 2.05) is 31.2 Å². The van der Waals surface area contributed by atoms with Crippen LogP contribution in [0, 0.1) is 0 Å². The van der Waals surface area contributed by atoms with Gasteiger partial charge in [0, 0.05) is 24.5 Å². The van der Waals surface area contributed by atoms with Crippen molar-refractivity contribution in [3.63, 3.8) is 0 Å². The van der Waals surface area contributed by atoms with Crippen LogP contribution in [0.2, 0.25) is 0 Å². The van der Waals surface area contributed by atoms with Gasteiger partial charge >= 0.3 is 0 Å². The van der Waals surface area contributed by atoms with Crippen LogP contribution in [-0.2, 0) is 17.9 Å². The molecule has 7 nitrogen and oxygen atoms in total. The molecule has 1 aromatic carbocycles.